The molecular formula is C20H15NO8. The first kappa shape index (κ1) is 18.6. The summed E-state index contributed by atoms with van der Waals surface area (Å²) in [5.74, 6) is -2.97. The van der Waals surface area contributed by atoms with E-state index >= 15 is 0 Å². The van der Waals surface area contributed by atoms with Crippen molar-refractivity contribution in [2.75, 3.05) is 32.5 Å². The zero-order valence-electron chi connectivity index (χ0n) is 15.5. The van der Waals surface area contributed by atoms with E-state index in [1.54, 1.807) is 24.3 Å². The van der Waals surface area contributed by atoms with Gasteiger partial charge in [-0.3, -0.25) is 0 Å². The lowest BCUT2D eigenvalue weighted by Crippen LogP contribution is -2.39. The molecule has 0 bridgehead atoms. The number of nitrogens with zero attached hydrogens (tertiary/aromatic N) is 1. The van der Waals surface area contributed by atoms with Crippen molar-refractivity contribution in [1.29, 1.82) is 0 Å². The maximum absolute atomic E-state index is 12.5. The number of rotatable bonds is 3. The second-order valence-electron chi connectivity index (χ2n) is 6.25. The first-order valence-electron chi connectivity index (χ1n) is 8.55. The molecule has 0 aliphatic carbocycles. The van der Waals surface area contributed by atoms with Crippen molar-refractivity contribution in [2.24, 2.45) is 0 Å². The quantitative estimate of drug-likeness (QED) is 0.433. The van der Waals surface area contributed by atoms with Crippen molar-refractivity contribution >= 4 is 40.3 Å². The van der Waals surface area contributed by atoms with Crippen LogP contribution in [0.2, 0.25) is 0 Å². The molecule has 0 spiro atoms. The third kappa shape index (κ3) is 2.83. The van der Waals surface area contributed by atoms with Gasteiger partial charge in [-0.25, -0.2) is 19.2 Å². The molecule has 0 saturated heterocycles. The second-order valence-corrected chi connectivity index (χ2v) is 6.25. The van der Waals surface area contributed by atoms with Crippen LogP contribution in [0.3, 0.4) is 0 Å². The predicted molar refractivity (Wildman–Crippen MR) is 98.1 cm³/mol. The van der Waals surface area contributed by atoms with Gasteiger partial charge in [-0.2, -0.15) is 0 Å². The van der Waals surface area contributed by atoms with Gasteiger partial charge in [-0.05, 0) is 18.2 Å². The Bertz CT molecular complexity index is 1100. The normalized spacial score (nSPS) is 16.0. The molecule has 9 nitrogen and oxygen atoms in total. The van der Waals surface area contributed by atoms with E-state index in [2.05, 4.69) is 0 Å². The van der Waals surface area contributed by atoms with Crippen LogP contribution < -0.4 is 4.90 Å². The maximum atomic E-state index is 12.5. The average Bonchev–Trinajstić information content (AvgIpc) is 2.75. The molecule has 4 rings (SSSR count). The van der Waals surface area contributed by atoms with Gasteiger partial charge >= 0.3 is 23.9 Å². The number of methoxy groups -OCH3 is 2. The molecule has 2 aromatic carbocycles. The molecule has 0 saturated carbocycles. The second kappa shape index (κ2) is 7.02. The van der Waals surface area contributed by atoms with Crippen LogP contribution in [0, 0.1) is 0 Å². The summed E-state index contributed by atoms with van der Waals surface area (Å²) in [6.45, 7) is -0.179. The van der Waals surface area contributed by atoms with E-state index in [4.69, 9.17) is 18.9 Å². The van der Waals surface area contributed by atoms with Crippen LogP contribution >= 0.6 is 0 Å². The van der Waals surface area contributed by atoms with Crippen molar-refractivity contribution < 1.29 is 38.1 Å². The van der Waals surface area contributed by atoms with Gasteiger partial charge in [-0.15, -0.1) is 0 Å². The summed E-state index contributed by atoms with van der Waals surface area (Å²) < 4.78 is 19.9. The van der Waals surface area contributed by atoms with Gasteiger partial charge in [-0.1, -0.05) is 12.1 Å². The number of ether oxygens (including phenoxy) is 4. The Labute approximate surface area is 164 Å². The van der Waals surface area contributed by atoms with Gasteiger partial charge in [0.1, 0.15) is 12.4 Å². The summed E-state index contributed by atoms with van der Waals surface area (Å²) in [5.41, 5.74) is 0.884. The van der Waals surface area contributed by atoms with E-state index < -0.39 is 23.9 Å². The number of carbonyl (C=O) groups is 4. The highest BCUT2D eigenvalue weighted by Crippen LogP contribution is 2.37. The van der Waals surface area contributed by atoms with Crippen LogP contribution in [0.5, 0.6) is 0 Å². The molecule has 0 N–H and O–H groups in total. The minimum atomic E-state index is -0.751. The molecule has 148 valence electrons. The Morgan fingerprint density at radius 2 is 1.66 bits per heavy atom. The van der Waals surface area contributed by atoms with E-state index in [1.165, 1.54) is 25.2 Å². The number of carbonyl (C=O) groups excluding carboxylic acids is 4. The molecule has 2 heterocycles. The predicted octanol–water partition coefficient (Wildman–Crippen LogP) is 1.54. The third-order valence-electron chi connectivity index (χ3n) is 4.77. The largest absolute Gasteiger partial charge is 0.466 e. The van der Waals surface area contributed by atoms with Crippen molar-refractivity contribution in [1.82, 2.24) is 0 Å². The number of benzene rings is 2. The molecular weight excluding hydrogens is 382 g/mol. The van der Waals surface area contributed by atoms with Gasteiger partial charge in [0, 0.05) is 10.8 Å². The summed E-state index contributed by atoms with van der Waals surface area (Å²) >= 11 is 0. The third-order valence-corrected chi connectivity index (χ3v) is 4.77. The molecule has 2 aliphatic heterocycles. The molecule has 2 aliphatic rings. The maximum Gasteiger partial charge on any atom is 0.355 e. The van der Waals surface area contributed by atoms with Gasteiger partial charge in [0.15, 0.2) is 0 Å². The van der Waals surface area contributed by atoms with Gasteiger partial charge < -0.3 is 23.8 Å². The van der Waals surface area contributed by atoms with E-state index in [0.29, 0.717) is 16.5 Å². The fourth-order valence-corrected chi connectivity index (χ4v) is 3.49. The summed E-state index contributed by atoms with van der Waals surface area (Å²) in [5, 5.41) is 0.918. The van der Waals surface area contributed by atoms with Gasteiger partial charge in [0.25, 0.3) is 0 Å². The SMILES string of the molecule is COC(=O)C1=C(C(=O)OC)N(c2ccc3c4c(cccc24)C(=O)OC3=O)COC1. The van der Waals surface area contributed by atoms with E-state index in [0.717, 1.165) is 0 Å². The summed E-state index contributed by atoms with van der Waals surface area (Å²) in [6, 6.07) is 7.97. The first-order chi connectivity index (χ1) is 14.0. The van der Waals surface area contributed by atoms with Crippen LogP contribution in [0.25, 0.3) is 10.8 Å². The zero-order valence-corrected chi connectivity index (χ0v) is 15.5. The number of anilines is 1. The Morgan fingerprint density at radius 1 is 0.966 bits per heavy atom. The van der Waals surface area contributed by atoms with Gasteiger partial charge in [0.05, 0.1) is 43.2 Å². The fraction of sp³-hybridized carbons (Fsp3) is 0.200. The molecule has 0 amide bonds. The molecule has 2 aromatic rings. The molecule has 9 heteroatoms. The van der Waals surface area contributed by atoms with Crippen molar-refractivity contribution in [3.05, 3.63) is 52.7 Å². The molecule has 0 unspecified atom stereocenters. The van der Waals surface area contributed by atoms with Crippen LogP contribution in [-0.2, 0) is 28.5 Å². The molecule has 0 atom stereocenters. The molecule has 0 aromatic heterocycles. The Hall–Kier alpha value is -3.72. The van der Waals surface area contributed by atoms with E-state index in [-0.39, 0.29) is 35.7 Å². The molecule has 29 heavy (non-hydrogen) atoms. The number of cyclic esters (lactones) is 2. The monoisotopic (exact) mass is 397 g/mol. The van der Waals surface area contributed by atoms with Crippen molar-refractivity contribution in [2.45, 2.75) is 0 Å². The average molecular weight is 397 g/mol. The van der Waals surface area contributed by atoms with E-state index in [1.807, 2.05) is 0 Å². The summed E-state index contributed by atoms with van der Waals surface area (Å²) in [7, 11) is 2.40. The van der Waals surface area contributed by atoms with Crippen LogP contribution in [0.1, 0.15) is 20.7 Å². The number of hydrogen-bond acceptors (Lipinski definition) is 9. The Balaban J connectivity index is 1.99. The lowest BCUT2D eigenvalue weighted by atomic mass is 9.95. The molecule has 0 radical (unpaired) electrons. The highest BCUT2D eigenvalue weighted by atomic mass is 16.6. The summed E-state index contributed by atoms with van der Waals surface area (Å²) in [6.07, 6.45) is 0. The Kier molecular flexibility index (Phi) is 4.51. The Morgan fingerprint density at radius 3 is 2.34 bits per heavy atom. The van der Waals surface area contributed by atoms with Crippen LogP contribution in [0.15, 0.2) is 41.6 Å². The van der Waals surface area contributed by atoms with Crippen LogP contribution in [-0.4, -0.2) is 51.4 Å². The standard InChI is InChI=1S/C20H15NO8/c1-26-17(22)13-8-28-9-21(16(13)20(25)27-2)14-7-6-12-15-10(14)4-3-5-11(15)18(23)29-19(12)24/h3-7H,8-9H2,1-2H3. The van der Waals surface area contributed by atoms with E-state index in [9.17, 15) is 19.2 Å². The number of esters is 4. The smallest absolute Gasteiger partial charge is 0.355 e. The minimum Gasteiger partial charge on any atom is -0.466 e. The minimum absolute atomic E-state index is 0.00145. The zero-order chi connectivity index (χ0) is 20.7. The molecule has 0 fully saturated rings. The first-order valence-corrected chi connectivity index (χ1v) is 8.55. The fourth-order valence-electron chi connectivity index (χ4n) is 3.49. The topological polar surface area (TPSA) is 108 Å². The highest BCUT2D eigenvalue weighted by molar-refractivity contribution is 6.23. The van der Waals surface area contributed by atoms with Gasteiger partial charge in [0.2, 0.25) is 0 Å². The number of hydrogen-bond donors (Lipinski definition) is 0. The highest BCUT2D eigenvalue weighted by Gasteiger charge is 2.35. The van der Waals surface area contributed by atoms with Crippen molar-refractivity contribution in [3.63, 3.8) is 0 Å². The van der Waals surface area contributed by atoms with Crippen molar-refractivity contribution in [3.8, 4) is 0 Å². The lowest BCUT2D eigenvalue weighted by molar-refractivity contribution is -0.140. The lowest BCUT2D eigenvalue weighted by Gasteiger charge is -2.32. The summed E-state index contributed by atoms with van der Waals surface area (Å²) in [4.78, 5) is 50.4. The van der Waals surface area contributed by atoms with Crippen LogP contribution in [0.4, 0.5) is 5.69 Å².